The molecule has 0 unspecified atom stereocenters. The number of rotatable bonds is 4. The summed E-state index contributed by atoms with van der Waals surface area (Å²) in [5.74, 6) is -0.434. The zero-order chi connectivity index (χ0) is 18.8. The maximum atomic E-state index is 13.9. The molecule has 3 aromatic rings. The standard InChI is InChI=1S/C20H21F2N5/c1-26-13-24-11-20(26)19-10-23-9-18(25-19)14-4-6-27(7-5-14)12-15-8-16(21)2-3-17(15)22/h2-3,8-11,13-14H,4-7,12H2,1H3. The van der Waals surface area contributed by atoms with Crippen LogP contribution in [0.25, 0.3) is 11.4 Å². The van der Waals surface area contributed by atoms with Gasteiger partial charge < -0.3 is 4.57 Å². The van der Waals surface area contributed by atoms with Gasteiger partial charge in [0.25, 0.3) is 0 Å². The van der Waals surface area contributed by atoms with Crippen LogP contribution in [0.2, 0.25) is 0 Å². The minimum atomic E-state index is -0.399. The number of piperidine rings is 1. The molecule has 0 aliphatic carbocycles. The molecule has 0 spiro atoms. The number of aryl methyl sites for hydroxylation is 1. The van der Waals surface area contributed by atoms with Gasteiger partial charge in [-0.25, -0.2) is 18.7 Å². The number of imidazole rings is 1. The van der Waals surface area contributed by atoms with Crippen LogP contribution in [0.3, 0.4) is 0 Å². The molecular formula is C20H21F2N5. The SMILES string of the molecule is Cn1cncc1-c1cncc(C2CCN(Cc3cc(F)ccc3F)CC2)n1. The molecule has 7 heteroatoms. The van der Waals surface area contributed by atoms with Crippen molar-refractivity contribution in [2.45, 2.75) is 25.3 Å². The lowest BCUT2D eigenvalue weighted by atomic mass is 9.93. The Labute approximate surface area is 156 Å². The van der Waals surface area contributed by atoms with Crippen molar-refractivity contribution >= 4 is 0 Å². The number of benzene rings is 1. The van der Waals surface area contributed by atoms with E-state index in [4.69, 9.17) is 4.98 Å². The second kappa shape index (κ2) is 7.52. The largest absolute Gasteiger partial charge is 0.332 e. The van der Waals surface area contributed by atoms with E-state index in [-0.39, 0.29) is 5.82 Å². The smallest absolute Gasteiger partial charge is 0.127 e. The Morgan fingerprint density at radius 2 is 1.89 bits per heavy atom. The number of halogens is 2. The van der Waals surface area contributed by atoms with Crippen LogP contribution in [-0.2, 0) is 13.6 Å². The lowest BCUT2D eigenvalue weighted by Crippen LogP contribution is -2.33. The Morgan fingerprint density at radius 3 is 2.63 bits per heavy atom. The average molecular weight is 369 g/mol. The van der Waals surface area contributed by atoms with Crippen LogP contribution < -0.4 is 0 Å². The Bertz CT molecular complexity index is 932. The number of aromatic nitrogens is 4. The van der Waals surface area contributed by atoms with E-state index in [9.17, 15) is 8.78 Å². The summed E-state index contributed by atoms with van der Waals surface area (Å²) in [5.41, 5.74) is 3.14. The lowest BCUT2D eigenvalue weighted by molar-refractivity contribution is 0.200. The first-order chi connectivity index (χ1) is 13.1. The van der Waals surface area contributed by atoms with Gasteiger partial charge in [0.15, 0.2) is 0 Å². The van der Waals surface area contributed by atoms with Crippen molar-refractivity contribution in [3.05, 3.63) is 66.0 Å². The Hall–Kier alpha value is -2.67. The van der Waals surface area contributed by atoms with Gasteiger partial charge in [-0.3, -0.25) is 9.88 Å². The van der Waals surface area contributed by atoms with E-state index in [1.165, 1.54) is 12.1 Å². The van der Waals surface area contributed by atoms with Crippen LogP contribution in [0, 0.1) is 11.6 Å². The van der Waals surface area contributed by atoms with Gasteiger partial charge in [0.05, 0.1) is 30.1 Å². The van der Waals surface area contributed by atoms with E-state index in [1.54, 1.807) is 18.7 Å². The summed E-state index contributed by atoms with van der Waals surface area (Å²) in [6.45, 7) is 2.06. The van der Waals surface area contributed by atoms with E-state index in [0.717, 1.165) is 49.1 Å². The highest BCUT2D eigenvalue weighted by atomic mass is 19.1. The summed E-state index contributed by atoms with van der Waals surface area (Å²) >= 11 is 0. The summed E-state index contributed by atoms with van der Waals surface area (Å²) in [5, 5.41) is 0. The molecule has 1 aliphatic heterocycles. The fraction of sp³-hybridized carbons (Fsp3) is 0.350. The van der Waals surface area contributed by atoms with Crippen molar-refractivity contribution in [3.8, 4) is 11.4 Å². The van der Waals surface area contributed by atoms with Crippen molar-refractivity contribution in [2.24, 2.45) is 7.05 Å². The molecule has 0 bridgehead atoms. The third-order valence-electron chi connectivity index (χ3n) is 5.14. The van der Waals surface area contributed by atoms with Gasteiger partial charge in [-0.15, -0.1) is 0 Å². The number of hydrogen-bond donors (Lipinski definition) is 0. The zero-order valence-electron chi connectivity index (χ0n) is 15.1. The summed E-state index contributed by atoms with van der Waals surface area (Å²) in [4.78, 5) is 15.4. The molecule has 4 rings (SSSR count). The van der Waals surface area contributed by atoms with Crippen molar-refractivity contribution in [1.29, 1.82) is 0 Å². The quantitative estimate of drug-likeness (QED) is 0.706. The monoisotopic (exact) mass is 369 g/mol. The van der Waals surface area contributed by atoms with Gasteiger partial charge in [0, 0.05) is 31.3 Å². The van der Waals surface area contributed by atoms with E-state index < -0.39 is 5.82 Å². The predicted octanol–water partition coefficient (Wildman–Crippen LogP) is 3.53. The van der Waals surface area contributed by atoms with Crippen molar-refractivity contribution in [2.75, 3.05) is 13.1 Å². The lowest BCUT2D eigenvalue weighted by Gasteiger charge is -2.31. The molecule has 1 aliphatic rings. The molecule has 2 aromatic heterocycles. The van der Waals surface area contributed by atoms with Crippen LogP contribution >= 0.6 is 0 Å². The molecule has 0 saturated carbocycles. The predicted molar refractivity (Wildman–Crippen MR) is 97.8 cm³/mol. The molecule has 3 heterocycles. The minimum Gasteiger partial charge on any atom is -0.332 e. The zero-order valence-corrected chi connectivity index (χ0v) is 15.1. The fourth-order valence-corrected chi connectivity index (χ4v) is 3.60. The normalized spacial score (nSPS) is 16.0. The van der Waals surface area contributed by atoms with Crippen LogP contribution in [0.5, 0.6) is 0 Å². The van der Waals surface area contributed by atoms with E-state index in [1.807, 2.05) is 17.8 Å². The first-order valence-corrected chi connectivity index (χ1v) is 9.05. The van der Waals surface area contributed by atoms with E-state index in [2.05, 4.69) is 14.9 Å². The first kappa shape index (κ1) is 17.7. The highest BCUT2D eigenvalue weighted by Crippen LogP contribution is 2.28. The van der Waals surface area contributed by atoms with Gasteiger partial charge >= 0.3 is 0 Å². The highest BCUT2D eigenvalue weighted by Gasteiger charge is 2.23. The van der Waals surface area contributed by atoms with Gasteiger partial charge in [0.1, 0.15) is 17.3 Å². The summed E-state index contributed by atoms with van der Waals surface area (Å²) in [6.07, 6.45) is 8.94. The molecule has 5 nitrogen and oxygen atoms in total. The molecule has 27 heavy (non-hydrogen) atoms. The van der Waals surface area contributed by atoms with Crippen LogP contribution in [0.4, 0.5) is 8.78 Å². The third kappa shape index (κ3) is 3.88. The number of nitrogens with zero attached hydrogens (tertiary/aromatic N) is 5. The molecule has 1 saturated heterocycles. The highest BCUT2D eigenvalue weighted by molar-refractivity contribution is 5.52. The van der Waals surface area contributed by atoms with E-state index >= 15 is 0 Å². The number of likely N-dealkylation sites (tertiary alicyclic amines) is 1. The Morgan fingerprint density at radius 1 is 1.07 bits per heavy atom. The summed E-state index contributed by atoms with van der Waals surface area (Å²) in [7, 11) is 1.93. The van der Waals surface area contributed by atoms with Gasteiger partial charge in [-0.1, -0.05) is 0 Å². The maximum Gasteiger partial charge on any atom is 0.127 e. The molecule has 0 N–H and O–H groups in total. The number of hydrogen-bond acceptors (Lipinski definition) is 4. The van der Waals surface area contributed by atoms with Crippen LogP contribution in [-0.4, -0.2) is 37.5 Å². The van der Waals surface area contributed by atoms with Crippen molar-refractivity contribution in [3.63, 3.8) is 0 Å². The molecule has 0 amide bonds. The first-order valence-electron chi connectivity index (χ1n) is 9.05. The minimum absolute atomic E-state index is 0.319. The maximum absolute atomic E-state index is 13.9. The second-order valence-electron chi connectivity index (χ2n) is 7.01. The third-order valence-corrected chi connectivity index (χ3v) is 5.14. The molecule has 0 radical (unpaired) electrons. The van der Waals surface area contributed by atoms with E-state index in [0.29, 0.717) is 18.0 Å². The molecule has 0 atom stereocenters. The molecule has 140 valence electrons. The van der Waals surface area contributed by atoms with Crippen LogP contribution in [0.15, 0.2) is 43.1 Å². The topological polar surface area (TPSA) is 46.8 Å². The van der Waals surface area contributed by atoms with Crippen molar-refractivity contribution < 1.29 is 8.78 Å². The molecule has 1 fully saturated rings. The fourth-order valence-electron chi connectivity index (χ4n) is 3.60. The average Bonchev–Trinajstić information content (AvgIpc) is 3.11. The van der Waals surface area contributed by atoms with Crippen molar-refractivity contribution in [1.82, 2.24) is 24.4 Å². The Balaban J connectivity index is 1.42. The second-order valence-corrected chi connectivity index (χ2v) is 7.01. The summed E-state index contributed by atoms with van der Waals surface area (Å²) in [6, 6.07) is 3.63. The molecule has 1 aromatic carbocycles. The van der Waals surface area contributed by atoms with Gasteiger partial charge in [-0.05, 0) is 44.1 Å². The van der Waals surface area contributed by atoms with Gasteiger partial charge in [0.2, 0.25) is 0 Å². The van der Waals surface area contributed by atoms with Gasteiger partial charge in [-0.2, -0.15) is 0 Å². The summed E-state index contributed by atoms with van der Waals surface area (Å²) < 4.78 is 29.1. The van der Waals surface area contributed by atoms with Crippen LogP contribution in [0.1, 0.15) is 30.0 Å². The Kier molecular flexibility index (Phi) is 4.94. The molecular weight excluding hydrogens is 348 g/mol.